The van der Waals surface area contributed by atoms with E-state index in [0.717, 1.165) is 6.42 Å². The minimum Gasteiger partial charge on any atom is -0.465 e. The second-order valence-corrected chi connectivity index (χ2v) is 5.53. The molecular formula is C12H24O3. The molecule has 1 atom stereocenters. The first-order chi connectivity index (χ1) is 6.77. The van der Waals surface area contributed by atoms with Crippen molar-refractivity contribution in [1.82, 2.24) is 0 Å². The van der Waals surface area contributed by atoms with E-state index in [2.05, 4.69) is 13.8 Å². The van der Waals surface area contributed by atoms with Crippen molar-refractivity contribution in [2.45, 2.75) is 41.0 Å². The third-order valence-electron chi connectivity index (χ3n) is 2.13. The SMILES string of the molecule is CC(C)CC(CO)COC(=O)C(C)(C)C. The van der Waals surface area contributed by atoms with Gasteiger partial charge in [0.05, 0.1) is 12.0 Å². The third kappa shape index (κ3) is 6.50. The fourth-order valence-electron chi connectivity index (χ4n) is 1.27. The normalized spacial score (nSPS) is 14.1. The van der Waals surface area contributed by atoms with Crippen LogP contribution < -0.4 is 0 Å². The van der Waals surface area contributed by atoms with E-state index in [-0.39, 0.29) is 18.5 Å². The standard InChI is InChI=1S/C12H24O3/c1-9(2)6-10(7-13)8-15-11(14)12(3,4)5/h9-10,13H,6-8H2,1-5H3. The lowest BCUT2D eigenvalue weighted by Gasteiger charge is -2.20. The minimum atomic E-state index is -0.460. The molecule has 0 aromatic carbocycles. The average molecular weight is 216 g/mol. The van der Waals surface area contributed by atoms with E-state index in [1.54, 1.807) is 0 Å². The monoisotopic (exact) mass is 216 g/mol. The maximum absolute atomic E-state index is 11.5. The molecule has 0 spiro atoms. The van der Waals surface area contributed by atoms with E-state index >= 15 is 0 Å². The number of carbonyl (C=O) groups is 1. The van der Waals surface area contributed by atoms with Crippen LogP contribution in [0.25, 0.3) is 0 Å². The van der Waals surface area contributed by atoms with E-state index in [0.29, 0.717) is 12.5 Å². The first-order valence-electron chi connectivity index (χ1n) is 5.55. The van der Waals surface area contributed by atoms with E-state index in [1.165, 1.54) is 0 Å². The Labute approximate surface area is 92.8 Å². The van der Waals surface area contributed by atoms with Crippen LogP contribution in [0, 0.1) is 17.3 Å². The van der Waals surface area contributed by atoms with E-state index < -0.39 is 5.41 Å². The van der Waals surface area contributed by atoms with Crippen LogP contribution in [0.3, 0.4) is 0 Å². The molecule has 3 nitrogen and oxygen atoms in total. The summed E-state index contributed by atoms with van der Waals surface area (Å²) >= 11 is 0. The highest BCUT2D eigenvalue weighted by Gasteiger charge is 2.24. The Kier molecular flexibility index (Phi) is 5.88. The second-order valence-electron chi connectivity index (χ2n) is 5.53. The molecule has 1 unspecified atom stereocenters. The molecule has 90 valence electrons. The number of rotatable bonds is 5. The number of aliphatic hydroxyl groups excluding tert-OH is 1. The van der Waals surface area contributed by atoms with Crippen LogP contribution in [-0.2, 0) is 9.53 Å². The molecule has 3 heteroatoms. The fourth-order valence-corrected chi connectivity index (χ4v) is 1.27. The Morgan fingerprint density at radius 3 is 2.20 bits per heavy atom. The molecule has 15 heavy (non-hydrogen) atoms. The van der Waals surface area contributed by atoms with Crippen molar-refractivity contribution < 1.29 is 14.6 Å². The minimum absolute atomic E-state index is 0.0660. The van der Waals surface area contributed by atoms with Gasteiger partial charge in [-0.15, -0.1) is 0 Å². The van der Waals surface area contributed by atoms with Crippen LogP contribution in [0.2, 0.25) is 0 Å². The van der Waals surface area contributed by atoms with Crippen LogP contribution in [0.5, 0.6) is 0 Å². The quantitative estimate of drug-likeness (QED) is 0.717. The lowest BCUT2D eigenvalue weighted by molar-refractivity contribution is -0.154. The van der Waals surface area contributed by atoms with E-state index in [1.807, 2.05) is 20.8 Å². The molecule has 0 saturated carbocycles. The molecule has 1 N–H and O–H groups in total. The van der Waals surface area contributed by atoms with Crippen LogP contribution in [0.1, 0.15) is 41.0 Å². The largest absolute Gasteiger partial charge is 0.465 e. The van der Waals surface area contributed by atoms with E-state index in [9.17, 15) is 4.79 Å². The Morgan fingerprint density at radius 1 is 1.33 bits per heavy atom. The van der Waals surface area contributed by atoms with Crippen molar-refractivity contribution in [3.05, 3.63) is 0 Å². The van der Waals surface area contributed by atoms with Crippen molar-refractivity contribution in [2.75, 3.05) is 13.2 Å². The molecule has 0 aliphatic rings. The summed E-state index contributed by atoms with van der Waals surface area (Å²) in [6.45, 7) is 10.1. The van der Waals surface area contributed by atoms with Gasteiger partial charge in [0.25, 0.3) is 0 Å². The molecule has 0 amide bonds. The van der Waals surface area contributed by atoms with Gasteiger partial charge in [0, 0.05) is 12.5 Å². The topological polar surface area (TPSA) is 46.5 Å². The highest BCUT2D eigenvalue weighted by molar-refractivity contribution is 5.75. The van der Waals surface area contributed by atoms with Crippen molar-refractivity contribution in [3.8, 4) is 0 Å². The first-order valence-corrected chi connectivity index (χ1v) is 5.55. The zero-order valence-electron chi connectivity index (χ0n) is 10.5. The number of carbonyl (C=O) groups excluding carboxylic acids is 1. The summed E-state index contributed by atoms with van der Waals surface area (Å²) in [6.07, 6.45) is 0.883. The maximum Gasteiger partial charge on any atom is 0.311 e. The van der Waals surface area contributed by atoms with Gasteiger partial charge in [0.15, 0.2) is 0 Å². The van der Waals surface area contributed by atoms with Crippen LogP contribution in [0.15, 0.2) is 0 Å². The van der Waals surface area contributed by atoms with Crippen LogP contribution in [0.4, 0.5) is 0 Å². The van der Waals surface area contributed by atoms with Gasteiger partial charge in [-0.05, 0) is 33.1 Å². The lowest BCUT2D eigenvalue weighted by atomic mass is 9.96. The second kappa shape index (κ2) is 6.11. The van der Waals surface area contributed by atoms with Gasteiger partial charge >= 0.3 is 5.97 Å². The van der Waals surface area contributed by atoms with Crippen molar-refractivity contribution in [2.24, 2.45) is 17.3 Å². The predicted molar refractivity (Wildman–Crippen MR) is 60.4 cm³/mol. The van der Waals surface area contributed by atoms with Gasteiger partial charge in [-0.3, -0.25) is 4.79 Å². The van der Waals surface area contributed by atoms with Crippen LogP contribution in [-0.4, -0.2) is 24.3 Å². The summed E-state index contributed by atoms with van der Waals surface area (Å²) in [5, 5.41) is 9.10. The zero-order chi connectivity index (χ0) is 12.1. The summed E-state index contributed by atoms with van der Waals surface area (Å²) in [5.74, 6) is 0.372. The predicted octanol–water partition coefficient (Wildman–Crippen LogP) is 2.23. The molecule has 0 heterocycles. The molecule has 0 radical (unpaired) electrons. The zero-order valence-corrected chi connectivity index (χ0v) is 10.5. The molecular weight excluding hydrogens is 192 g/mol. The van der Waals surface area contributed by atoms with Gasteiger partial charge in [-0.2, -0.15) is 0 Å². The number of ether oxygens (including phenoxy) is 1. The number of hydrogen-bond donors (Lipinski definition) is 1. The summed E-state index contributed by atoms with van der Waals surface area (Å²) < 4.78 is 5.16. The smallest absolute Gasteiger partial charge is 0.311 e. The highest BCUT2D eigenvalue weighted by atomic mass is 16.5. The number of esters is 1. The van der Waals surface area contributed by atoms with Crippen LogP contribution >= 0.6 is 0 Å². The summed E-state index contributed by atoms with van der Waals surface area (Å²) in [4.78, 5) is 11.5. The Hall–Kier alpha value is -0.570. The number of hydrogen-bond acceptors (Lipinski definition) is 3. The van der Waals surface area contributed by atoms with Gasteiger partial charge in [0.1, 0.15) is 0 Å². The van der Waals surface area contributed by atoms with Crippen molar-refractivity contribution in [1.29, 1.82) is 0 Å². The van der Waals surface area contributed by atoms with Gasteiger partial charge in [0.2, 0.25) is 0 Å². The number of aliphatic hydroxyl groups is 1. The molecule has 0 aliphatic carbocycles. The Morgan fingerprint density at radius 2 is 1.87 bits per heavy atom. The summed E-state index contributed by atoms with van der Waals surface area (Å²) in [6, 6.07) is 0. The fraction of sp³-hybridized carbons (Fsp3) is 0.917. The van der Waals surface area contributed by atoms with E-state index in [4.69, 9.17) is 9.84 Å². The Balaban J connectivity index is 3.96. The molecule has 0 aromatic heterocycles. The molecule has 0 rings (SSSR count). The van der Waals surface area contributed by atoms with Gasteiger partial charge in [-0.25, -0.2) is 0 Å². The molecule has 0 bridgehead atoms. The lowest BCUT2D eigenvalue weighted by Crippen LogP contribution is -2.27. The molecule has 0 aromatic rings. The maximum atomic E-state index is 11.5. The third-order valence-corrected chi connectivity index (χ3v) is 2.13. The average Bonchev–Trinajstić information content (AvgIpc) is 2.09. The molecule has 0 saturated heterocycles. The van der Waals surface area contributed by atoms with Gasteiger partial charge in [-0.1, -0.05) is 13.8 Å². The molecule has 0 fully saturated rings. The van der Waals surface area contributed by atoms with Gasteiger partial charge < -0.3 is 9.84 Å². The summed E-state index contributed by atoms with van der Waals surface area (Å²) in [7, 11) is 0. The molecule has 0 aliphatic heterocycles. The van der Waals surface area contributed by atoms with Crippen molar-refractivity contribution in [3.63, 3.8) is 0 Å². The Bertz CT molecular complexity index is 192. The summed E-state index contributed by atoms with van der Waals surface area (Å²) in [5.41, 5.74) is -0.460. The van der Waals surface area contributed by atoms with Crippen molar-refractivity contribution >= 4 is 5.97 Å². The highest BCUT2D eigenvalue weighted by Crippen LogP contribution is 2.17. The first kappa shape index (κ1) is 14.4.